The molecule has 0 saturated carbocycles. The maximum Gasteiger partial charge on any atom is 0.114 e. The fourth-order valence-electron chi connectivity index (χ4n) is 2.92. The Kier molecular flexibility index (Phi) is 4.42. The Morgan fingerprint density at radius 2 is 1.21 bits per heavy atom. The molecule has 5 heteroatoms. The predicted molar refractivity (Wildman–Crippen MR) is 97.1 cm³/mol. The highest BCUT2D eigenvalue weighted by atomic mass is 15.4. The molecule has 2 aromatic heterocycles. The first-order chi connectivity index (χ1) is 11.4. The van der Waals surface area contributed by atoms with Gasteiger partial charge in [0, 0.05) is 17.1 Å². The number of anilines is 1. The van der Waals surface area contributed by atoms with Crippen molar-refractivity contribution >= 4 is 5.69 Å². The topological polar surface area (TPSA) is 38.9 Å². The van der Waals surface area contributed by atoms with Crippen LogP contribution in [-0.2, 0) is 13.3 Å². The van der Waals surface area contributed by atoms with Gasteiger partial charge in [-0.25, -0.2) is 9.36 Å². The van der Waals surface area contributed by atoms with Crippen LogP contribution in [0.3, 0.4) is 0 Å². The van der Waals surface area contributed by atoms with Crippen LogP contribution < -0.4 is 4.90 Å². The van der Waals surface area contributed by atoms with E-state index >= 15 is 0 Å². The Morgan fingerprint density at radius 1 is 0.750 bits per heavy atom. The van der Waals surface area contributed by atoms with Crippen molar-refractivity contribution in [1.29, 1.82) is 0 Å². The first-order valence-electron chi connectivity index (χ1n) is 8.26. The first-order valence-corrected chi connectivity index (χ1v) is 8.26. The molecule has 0 aliphatic carbocycles. The summed E-state index contributed by atoms with van der Waals surface area (Å²) in [6, 6.07) is 12.8. The summed E-state index contributed by atoms with van der Waals surface area (Å²) in [5.74, 6) is 0. The number of aromatic nitrogens is 4. The first kappa shape index (κ1) is 16.3. The van der Waals surface area contributed by atoms with Gasteiger partial charge in [-0.2, -0.15) is 10.2 Å². The normalized spacial score (nSPS) is 11.0. The number of benzene rings is 1. The van der Waals surface area contributed by atoms with Crippen molar-refractivity contribution in [2.45, 2.75) is 48.0 Å². The zero-order valence-corrected chi connectivity index (χ0v) is 15.1. The molecule has 0 N–H and O–H groups in total. The Hall–Kier alpha value is -2.56. The summed E-state index contributed by atoms with van der Waals surface area (Å²) in [5, 5.41) is 9.22. The van der Waals surface area contributed by atoms with E-state index in [9.17, 15) is 0 Å². The van der Waals surface area contributed by atoms with E-state index in [1.54, 1.807) is 0 Å². The number of aryl methyl sites for hydroxylation is 5. The molecule has 0 saturated heterocycles. The van der Waals surface area contributed by atoms with Gasteiger partial charge in [0.25, 0.3) is 0 Å². The number of nitrogens with zero attached hydrogens (tertiary/aromatic N) is 5. The number of rotatable bonds is 5. The zero-order chi connectivity index (χ0) is 17.3. The van der Waals surface area contributed by atoms with Crippen molar-refractivity contribution in [1.82, 2.24) is 19.6 Å². The van der Waals surface area contributed by atoms with Crippen LogP contribution in [0.5, 0.6) is 0 Å². The van der Waals surface area contributed by atoms with Gasteiger partial charge in [0.05, 0.1) is 11.4 Å². The zero-order valence-electron chi connectivity index (χ0n) is 15.1. The minimum Gasteiger partial charge on any atom is -0.332 e. The molecular formula is C19H25N5. The maximum absolute atomic E-state index is 4.61. The van der Waals surface area contributed by atoms with Crippen LogP contribution >= 0.6 is 0 Å². The Bertz CT molecular complexity index is 778. The number of hydrogen-bond acceptors (Lipinski definition) is 3. The molecule has 1 aromatic carbocycles. The third-order valence-electron chi connectivity index (χ3n) is 4.22. The lowest BCUT2D eigenvalue weighted by molar-refractivity contribution is 0.484. The number of hydrogen-bond donors (Lipinski definition) is 0. The molecule has 3 aromatic rings. The van der Waals surface area contributed by atoms with Gasteiger partial charge in [-0.15, -0.1) is 0 Å². The second-order valence-corrected chi connectivity index (χ2v) is 6.51. The molecule has 5 nitrogen and oxygen atoms in total. The lowest BCUT2D eigenvalue weighted by Gasteiger charge is -2.26. The van der Waals surface area contributed by atoms with Gasteiger partial charge in [-0.05, 0) is 58.9 Å². The molecule has 0 fully saturated rings. The minimum absolute atomic E-state index is 0.696. The second kappa shape index (κ2) is 6.51. The SMILES string of the molecule is Cc1ccc(N(Cn2nc(C)cc2C)Cn2nc(C)cc2C)cc1. The van der Waals surface area contributed by atoms with Crippen molar-refractivity contribution in [2.24, 2.45) is 0 Å². The van der Waals surface area contributed by atoms with Crippen LogP contribution in [0.1, 0.15) is 28.3 Å². The van der Waals surface area contributed by atoms with Gasteiger partial charge in [0.2, 0.25) is 0 Å². The Labute approximate surface area is 143 Å². The van der Waals surface area contributed by atoms with Crippen molar-refractivity contribution in [3.63, 3.8) is 0 Å². The summed E-state index contributed by atoms with van der Waals surface area (Å²) in [6.45, 7) is 11.7. The van der Waals surface area contributed by atoms with Crippen molar-refractivity contribution < 1.29 is 0 Å². The van der Waals surface area contributed by atoms with Gasteiger partial charge in [0.1, 0.15) is 13.3 Å². The molecular weight excluding hydrogens is 298 g/mol. The van der Waals surface area contributed by atoms with Crippen LogP contribution in [0.15, 0.2) is 36.4 Å². The third kappa shape index (κ3) is 3.50. The van der Waals surface area contributed by atoms with Crippen LogP contribution in [0.2, 0.25) is 0 Å². The second-order valence-electron chi connectivity index (χ2n) is 6.51. The molecule has 0 unspecified atom stereocenters. The van der Waals surface area contributed by atoms with Gasteiger partial charge in [-0.1, -0.05) is 17.7 Å². The maximum atomic E-state index is 4.61. The van der Waals surface area contributed by atoms with E-state index < -0.39 is 0 Å². The fraction of sp³-hybridized carbons (Fsp3) is 0.368. The van der Waals surface area contributed by atoms with Crippen LogP contribution in [0.4, 0.5) is 5.69 Å². The van der Waals surface area contributed by atoms with Gasteiger partial charge < -0.3 is 4.90 Å². The molecule has 0 spiro atoms. The molecule has 0 aliphatic rings. The van der Waals surface area contributed by atoms with Crippen LogP contribution in [0, 0.1) is 34.6 Å². The summed E-state index contributed by atoms with van der Waals surface area (Å²) < 4.78 is 4.09. The average Bonchev–Trinajstić information content (AvgIpc) is 3.00. The summed E-state index contributed by atoms with van der Waals surface area (Å²) in [5.41, 5.74) is 6.84. The largest absolute Gasteiger partial charge is 0.332 e. The summed E-state index contributed by atoms with van der Waals surface area (Å²) in [4.78, 5) is 2.29. The third-order valence-corrected chi connectivity index (χ3v) is 4.22. The van der Waals surface area contributed by atoms with Crippen LogP contribution in [0.25, 0.3) is 0 Å². The summed E-state index contributed by atoms with van der Waals surface area (Å²) in [7, 11) is 0. The Balaban J connectivity index is 1.92. The summed E-state index contributed by atoms with van der Waals surface area (Å²) in [6.07, 6.45) is 0. The summed E-state index contributed by atoms with van der Waals surface area (Å²) >= 11 is 0. The molecule has 0 aliphatic heterocycles. The lowest BCUT2D eigenvalue weighted by atomic mass is 10.2. The molecule has 0 bridgehead atoms. The van der Waals surface area contributed by atoms with E-state index in [-0.39, 0.29) is 0 Å². The van der Waals surface area contributed by atoms with E-state index in [2.05, 4.69) is 72.3 Å². The van der Waals surface area contributed by atoms with Gasteiger partial charge >= 0.3 is 0 Å². The van der Waals surface area contributed by atoms with E-state index in [1.807, 2.05) is 23.2 Å². The molecule has 0 radical (unpaired) electrons. The smallest absolute Gasteiger partial charge is 0.114 e. The Morgan fingerprint density at radius 3 is 1.58 bits per heavy atom. The van der Waals surface area contributed by atoms with E-state index in [0.29, 0.717) is 13.3 Å². The quantitative estimate of drug-likeness (QED) is 0.718. The monoisotopic (exact) mass is 323 g/mol. The van der Waals surface area contributed by atoms with Crippen molar-refractivity contribution in [2.75, 3.05) is 4.90 Å². The lowest BCUT2D eigenvalue weighted by Crippen LogP contribution is -2.30. The molecule has 24 heavy (non-hydrogen) atoms. The highest BCUT2D eigenvalue weighted by molar-refractivity contribution is 5.46. The van der Waals surface area contributed by atoms with E-state index in [1.165, 1.54) is 11.3 Å². The van der Waals surface area contributed by atoms with Crippen molar-refractivity contribution in [3.8, 4) is 0 Å². The molecule has 0 atom stereocenters. The fourth-order valence-corrected chi connectivity index (χ4v) is 2.92. The molecule has 3 rings (SSSR count). The van der Waals surface area contributed by atoms with Gasteiger partial charge in [0.15, 0.2) is 0 Å². The van der Waals surface area contributed by atoms with Crippen molar-refractivity contribution in [3.05, 3.63) is 64.7 Å². The van der Waals surface area contributed by atoms with Crippen LogP contribution in [-0.4, -0.2) is 19.6 Å². The highest BCUT2D eigenvalue weighted by Gasteiger charge is 2.12. The van der Waals surface area contributed by atoms with E-state index in [0.717, 1.165) is 22.8 Å². The molecule has 2 heterocycles. The molecule has 126 valence electrons. The highest BCUT2D eigenvalue weighted by Crippen LogP contribution is 2.18. The van der Waals surface area contributed by atoms with Gasteiger partial charge in [-0.3, -0.25) is 0 Å². The molecule has 0 amide bonds. The van der Waals surface area contributed by atoms with E-state index in [4.69, 9.17) is 0 Å². The minimum atomic E-state index is 0.696. The average molecular weight is 323 g/mol. The predicted octanol–water partition coefficient (Wildman–Crippen LogP) is 3.74. The standard InChI is InChI=1S/C19H25N5/c1-14-6-8-19(9-7-14)22(12-23-17(4)10-15(2)20-23)13-24-18(5)11-16(3)21-24/h6-11H,12-13H2,1-5H3.